The Balaban J connectivity index is 0.00000243. The molecule has 3 rings (SSSR count). The summed E-state index contributed by atoms with van der Waals surface area (Å²) < 4.78 is 6.39. The van der Waals surface area contributed by atoms with Gasteiger partial charge >= 0.3 is 0 Å². The molecule has 0 spiro atoms. The molecular formula is C21H33N2O2Y+. The number of likely N-dealkylation sites (N-methyl/N-ethyl adjacent to an activating group) is 1. The molecule has 1 amide bonds. The fraction of sp³-hybridized carbons (Fsp3) is 0.667. The molecule has 1 unspecified atom stereocenters. The maximum atomic E-state index is 13.5. The first-order chi connectivity index (χ1) is 12.0. The Hall–Kier alpha value is -0.446. The number of carbonyl (C=O) groups excluding carboxylic acids is 1. The van der Waals surface area contributed by atoms with Crippen LogP contribution in [0.3, 0.4) is 0 Å². The van der Waals surface area contributed by atoms with E-state index >= 15 is 0 Å². The van der Waals surface area contributed by atoms with Gasteiger partial charge in [-0.1, -0.05) is 0 Å². The number of anilines is 1. The van der Waals surface area contributed by atoms with Crippen molar-refractivity contribution in [1.82, 2.24) is 0 Å². The molecule has 0 saturated carbocycles. The number of likely N-dealkylation sites (tertiary alicyclic amines) is 1. The molecule has 2 aliphatic heterocycles. The van der Waals surface area contributed by atoms with Crippen LogP contribution < -0.4 is 9.64 Å². The summed E-state index contributed by atoms with van der Waals surface area (Å²) in [6.07, 6.45) is 5.98. The van der Waals surface area contributed by atoms with Crippen LogP contribution in [0.15, 0.2) is 12.1 Å². The molecule has 2 aliphatic rings. The number of ether oxygens (including phenoxy) is 1. The largest absolute Gasteiger partial charge is 0.497 e. The predicted molar refractivity (Wildman–Crippen MR) is 102 cm³/mol. The van der Waals surface area contributed by atoms with Gasteiger partial charge in [-0.25, -0.2) is 0 Å². The fourth-order valence-electron chi connectivity index (χ4n) is 5.04. The summed E-state index contributed by atoms with van der Waals surface area (Å²) in [7, 11) is 1.70. The molecule has 1 aromatic carbocycles. The second-order valence-electron chi connectivity index (χ2n) is 7.80. The van der Waals surface area contributed by atoms with Crippen LogP contribution in [0.5, 0.6) is 5.75 Å². The fourth-order valence-corrected chi connectivity index (χ4v) is 5.04. The molecular weight excluding hydrogens is 401 g/mol. The molecule has 1 atom stereocenters. The molecule has 141 valence electrons. The van der Waals surface area contributed by atoms with E-state index < -0.39 is 0 Å². The molecule has 0 N–H and O–H groups in total. The topological polar surface area (TPSA) is 29.5 Å². The van der Waals surface area contributed by atoms with Crippen molar-refractivity contribution in [3.05, 3.63) is 23.3 Å². The first-order valence-corrected chi connectivity index (χ1v) is 9.85. The second kappa shape index (κ2) is 9.16. The van der Waals surface area contributed by atoms with Crippen molar-refractivity contribution in [3.63, 3.8) is 0 Å². The van der Waals surface area contributed by atoms with Crippen LogP contribution in [0.1, 0.15) is 50.2 Å². The SMILES string of the molecule is CC[N+]1(C2CCCN(c3c(C)cc(OC)cc3C)C2=O)CCCCC1.[Y]. The molecule has 1 aromatic rings. The van der Waals surface area contributed by atoms with Gasteiger partial charge in [0.25, 0.3) is 5.91 Å². The van der Waals surface area contributed by atoms with Gasteiger partial charge in [-0.15, -0.1) is 0 Å². The number of piperidine rings is 2. The van der Waals surface area contributed by atoms with Crippen molar-refractivity contribution >= 4 is 11.6 Å². The number of benzene rings is 1. The number of hydrogen-bond donors (Lipinski definition) is 0. The third-order valence-corrected chi connectivity index (χ3v) is 6.38. The summed E-state index contributed by atoms with van der Waals surface area (Å²) in [5.74, 6) is 1.21. The van der Waals surface area contributed by atoms with Crippen LogP contribution in [0.2, 0.25) is 0 Å². The van der Waals surface area contributed by atoms with Crippen LogP contribution in [-0.2, 0) is 37.5 Å². The number of aryl methyl sites for hydroxylation is 2. The Morgan fingerprint density at radius 2 is 1.73 bits per heavy atom. The van der Waals surface area contributed by atoms with Gasteiger partial charge < -0.3 is 14.1 Å². The molecule has 0 bridgehead atoms. The molecule has 0 aliphatic carbocycles. The minimum Gasteiger partial charge on any atom is -0.497 e. The van der Waals surface area contributed by atoms with Gasteiger partial charge in [-0.2, -0.15) is 0 Å². The predicted octanol–water partition coefficient (Wildman–Crippen LogP) is 3.83. The van der Waals surface area contributed by atoms with Crippen LogP contribution in [-0.4, -0.2) is 49.7 Å². The van der Waals surface area contributed by atoms with E-state index in [9.17, 15) is 4.79 Å². The zero-order valence-electron chi connectivity index (χ0n) is 16.9. The van der Waals surface area contributed by atoms with Crippen LogP contribution in [0, 0.1) is 13.8 Å². The quantitative estimate of drug-likeness (QED) is 0.675. The average Bonchev–Trinajstić information content (AvgIpc) is 2.63. The number of quaternary nitrogens is 1. The summed E-state index contributed by atoms with van der Waals surface area (Å²) in [4.78, 5) is 15.6. The van der Waals surface area contributed by atoms with E-state index in [-0.39, 0.29) is 38.8 Å². The normalized spacial score (nSPS) is 22.7. The molecule has 5 heteroatoms. The monoisotopic (exact) mass is 434 g/mol. The Morgan fingerprint density at radius 1 is 1.12 bits per heavy atom. The molecule has 4 nitrogen and oxygen atoms in total. The van der Waals surface area contributed by atoms with Gasteiger partial charge in [0.2, 0.25) is 0 Å². The maximum absolute atomic E-state index is 13.5. The summed E-state index contributed by atoms with van der Waals surface area (Å²) in [6.45, 7) is 10.7. The maximum Gasteiger partial charge on any atom is 0.285 e. The van der Waals surface area contributed by atoms with E-state index in [0.717, 1.165) is 53.0 Å². The third kappa shape index (κ3) is 4.03. The van der Waals surface area contributed by atoms with Gasteiger partial charge in [0.15, 0.2) is 6.04 Å². The van der Waals surface area contributed by atoms with Crippen molar-refractivity contribution in [3.8, 4) is 5.75 Å². The zero-order valence-corrected chi connectivity index (χ0v) is 19.7. The van der Waals surface area contributed by atoms with Gasteiger partial charge in [-0.05, 0) is 69.7 Å². The Bertz CT molecular complexity index is 618. The Kier molecular flexibility index (Phi) is 7.70. The molecule has 2 saturated heterocycles. The second-order valence-corrected chi connectivity index (χ2v) is 7.80. The third-order valence-electron chi connectivity index (χ3n) is 6.38. The van der Waals surface area contributed by atoms with Crippen molar-refractivity contribution < 1.29 is 46.7 Å². The summed E-state index contributed by atoms with van der Waals surface area (Å²) >= 11 is 0. The average molecular weight is 434 g/mol. The van der Waals surface area contributed by atoms with Crippen LogP contribution in [0.25, 0.3) is 0 Å². The van der Waals surface area contributed by atoms with Crippen molar-refractivity contribution in [2.24, 2.45) is 0 Å². The Morgan fingerprint density at radius 3 is 2.27 bits per heavy atom. The van der Waals surface area contributed by atoms with Crippen LogP contribution in [0.4, 0.5) is 5.69 Å². The summed E-state index contributed by atoms with van der Waals surface area (Å²) in [5.41, 5.74) is 3.36. The van der Waals surface area contributed by atoms with Gasteiger partial charge in [0, 0.05) is 51.4 Å². The molecule has 0 aromatic heterocycles. The van der Waals surface area contributed by atoms with E-state index in [2.05, 4.69) is 25.7 Å². The number of rotatable bonds is 4. The van der Waals surface area contributed by atoms with E-state index in [0.29, 0.717) is 5.91 Å². The smallest absolute Gasteiger partial charge is 0.285 e. The minimum absolute atomic E-state index is 0. The number of nitrogens with zero attached hydrogens (tertiary/aromatic N) is 2. The molecule has 2 heterocycles. The Labute approximate surface area is 183 Å². The number of methoxy groups -OCH3 is 1. The molecule has 26 heavy (non-hydrogen) atoms. The number of amides is 1. The van der Waals surface area contributed by atoms with E-state index in [1.54, 1.807) is 7.11 Å². The van der Waals surface area contributed by atoms with E-state index in [1.165, 1.54) is 32.4 Å². The standard InChI is InChI=1S/C21H33N2O2.Y/c1-5-23(12-7-6-8-13-23)19-10-9-11-22(21(19)24)20-16(2)14-18(25-4)15-17(20)3;/h14-15,19H,5-13H2,1-4H3;/q+1;. The first kappa shape index (κ1) is 21.8. The van der Waals surface area contributed by atoms with Crippen LogP contribution >= 0.6 is 0 Å². The summed E-state index contributed by atoms with van der Waals surface area (Å²) in [6, 6.07) is 4.23. The van der Waals surface area contributed by atoms with Crippen molar-refractivity contribution in [2.45, 2.75) is 58.9 Å². The first-order valence-electron chi connectivity index (χ1n) is 9.85. The minimum atomic E-state index is 0. The molecule has 1 radical (unpaired) electrons. The number of hydrogen-bond acceptors (Lipinski definition) is 2. The van der Waals surface area contributed by atoms with E-state index in [1.807, 2.05) is 12.1 Å². The number of carbonyl (C=O) groups is 1. The van der Waals surface area contributed by atoms with Gasteiger partial charge in [0.1, 0.15) is 5.75 Å². The van der Waals surface area contributed by atoms with Gasteiger partial charge in [-0.3, -0.25) is 4.79 Å². The zero-order chi connectivity index (χ0) is 18.0. The van der Waals surface area contributed by atoms with Crippen molar-refractivity contribution in [2.75, 3.05) is 38.2 Å². The van der Waals surface area contributed by atoms with Crippen molar-refractivity contribution in [1.29, 1.82) is 0 Å². The van der Waals surface area contributed by atoms with E-state index in [4.69, 9.17) is 4.74 Å². The summed E-state index contributed by atoms with van der Waals surface area (Å²) in [5, 5.41) is 0. The molecule has 2 fully saturated rings. The van der Waals surface area contributed by atoms with Gasteiger partial charge in [0.05, 0.1) is 26.7 Å².